The Kier molecular flexibility index (Phi) is 4.59. The normalized spacial score (nSPS) is 18.1. The number of hydrogen-bond donors (Lipinski definition) is 1. The van der Waals surface area contributed by atoms with Crippen molar-refractivity contribution in [3.05, 3.63) is 0 Å². The van der Waals surface area contributed by atoms with Gasteiger partial charge in [-0.1, -0.05) is 33.1 Å². The number of nitrogens with zero attached hydrogens (tertiary/aromatic N) is 1. The van der Waals surface area contributed by atoms with Crippen LogP contribution < -0.4 is 5.32 Å². The minimum absolute atomic E-state index is 0.176. The monoisotopic (exact) mass is 212 g/mol. The van der Waals surface area contributed by atoms with Crippen LogP contribution in [0.4, 0.5) is 4.79 Å². The van der Waals surface area contributed by atoms with Crippen LogP contribution in [0.15, 0.2) is 0 Å². The van der Waals surface area contributed by atoms with E-state index >= 15 is 0 Å². The lowest BCUT2D eigenvalue weighted by Crippen LogP contribution is -2.32. The summed E-state index contributed by atoms with van der Waals surface area (Å²) < 4.78 is 0. The number of rotatable bonds is 6. The van der Waals surface area contributed by atoms with E-state index in [0.717, 1.165) is 12.8 Å². The molecule has 0 saturated carbocycles. The topological polar surface area (TPSA) is 49.4 Å². The molecule has 3 amide bonds. The van der Waals surface area contributed by atoms with Gasteiger partial charge >= 0.3 is 6.03 Å². The molecule has 0 spiro atoms. The molecule has 1 atom stereocenters. The highest BCUT2D eigenvalue weighted by Gasteiger charge is 2.27. The van der Waals surface area contributed by atoms with Crippen molar-refractivity contribution in [2.24, 2.45) is 5.92 Å². The molecule has 4 nitrogen and oxygen atoms in total. The summed E-state index contributed by atoms with van der Waals surface area (Å²) in [5.74, 6) is 0.354. The highest BCUT2D eigenvalue weighted by Crippen LogP contribution is 2.15. The van der Waals surface area contributed by atoms with Crippen LogP contribution in [-0.2, 0) is 4.79 Å². The Bertz CT molecular complexity index is 241. The summed E-state index contributed by atoms with van der Waals surface area (Å²) in [6, 6.07) is -0.227. The molecule has 1 aliphatic rings. The van der Waals surface area contributed by atoms with Crippen molar-refractivity contribution in [1.29, 1.82) is 0 Å². The second-order valence-electron chi connectivity index (χ2n) is 4.15. The molecule has 1 fully saturated rings. The summed E-state index contributed by atoms with van der Waals surface area (Å²) in [5, 5.41) is 2.30. The summed E-state index contributed by atoms with van der Waals surface area (Å²) in [4.78, 5) is 23.9. The Morgan fingerprint density at radius 1 is 1.40 bits per heavy atom. The van der Waals surface area contributed by atoms with Crippen molar-refractivity contribution < 1.29 is 9.59 Å². The van der Waals surface area contributed by atoms with Gasteiger partial charge in [0.05, 0.1) is 0 Å². The van der Waals surface area contributed by atoms with E-state index in [1.54, 1.807) is 4.90 Å². The Balaban J connectivity index is 2.37. The number of carbonyl (C=O) groups is 2. The van der Waals surface area contributed by atoms with E-state index in [1.165, 1.54) is 12.8 Å². The second kappa shape index (κ2) is 5.73. The molecule has 0 bridgehead atoms. The third-order valence-electron chi connectivity index (χ3n) is 2.89. The molecule has 1 aliphatic heterocycles. The quantitative estimate of drug-likeness (QED) is 0.682. The highest BCUT2D eigenvalue weighted by atomic mass is 16.2. The van der Waals surface area contributed by atoms with Crippen LogP contribution in [0.3, 0.4) is 0 Å². The standard InChI is InChI=1S/C11H20N2O2/c1-3-5-6-9(4-2)7-13-8-10(14)12-11(13)15/h9H,3-8H2,1-2H3,(H,12,14,15). The predicted molar refractivity (Wildman–Crippen MR) is 58.4 cm³/mol. The van der Waals surface area contributed by atoms with Gasteiger partial charge in [0.2, 0.25) is 5.91 Å². The van der Waals surface area contributed by atoms with Crippen molar-refractivity contribution in [1.82, 2.24) is 10.2 Å². The number of hydrogen-bond acceptors (Lipinski definition) is 2. The second-order valence-corrected chi connectivity index (χ2v) is 4.15. The van der Waals surface area contributed by atoms with Crippen LogP contribution >= 0.6 is 0 Å². The van der Waals surface area contributed by atoms with Gasteiger partial charge in [-0.15, -0.1) is 0 Å². The molecule has 4 heteroatoms. The van der Waals surface area contributed by atoms with Crippen LogP contribution in [0, 0.1) is 5.92 Å². The predicted octanol–water partition coefficient (Wildman–Crippen LogP) is 1.75. The van der Waals surface area contributed by atoms with Crippen molar-refractivity contribution in [2.45, 2.75) is 39.5 Å². The lowest BCUT2D eigenvalue weighted by Gasteiger charge is -2.20. The fraction of sp³-hybridized carbons (Fsp3) is 0.818. The number of unbranched alkanes of at least 4 members (excludes halogenated alkanes) is 1. The number of nitrogens with one attached hydrogen (secondary N) is 1. The van der Waals surface area contributed by atoms with E-state index in [4.69, 9.17) is 0 Å². The zero-order valence-corrected chi connectivity index (χ0v) is 9.58. The Morgan fingerprint density at radius 3 is 2.60 bits per heavy atom. The van der Waals surface area contributed by atoms with Gasteiger partial charge in [-0.3, -0.25) is 10.1 Å². The zero-order valence-electron chi connectivity index (χ0n) is 9.58. The molecule has 0 aromatic rings. The van der Waals surface area contributed by atoms with E-state index in [0.29, 0.717) is 12.5 Å². The van der Waals surface area contributed by atoms with Crippen molar-refractivity contribution in [2.75, 3.05) is 13.1 Å². The van der Waals surface area contributed by atoms with Gasteiger partial charge in [0.15, 0.2) is 0 Å². The Morgan fingerprint density at radius 2 is 2.13 bits per heavy atom. The maximum Gasteiger partial charge on any atom is 0.324 e. The molecule has 86 valence electrons. The summed E-state index contributed by atoms with van der Waals surface area (Å²) in [5.41, 5.74) is 0. The van der Waals surface area contributed by atoms with Gasteiger partial charge in [-0.05, 0) is 12.3 Å². The van der Waals surface area contributed by atoms with Crippen molar-refractivity contribution >= 4 is 11.9 Å². The largest absolute Gasteiger partial charge is 0.324 e. The first-order chi connectivity index (χ1) is 7.17. The molecule has 1 unspecified atom stereocenters. The molecular weight excluding hydrogens is 192 g/mol. The summed E-state index contributed by atoms with van der Waals surface area (Å²) in [6.45, 7) is 5.25. The third-order valence-corrected chi connectivity index (χ3v) is 2.89. The van der Waals surface area contributed by atoms with Gasteiger partial charge in [-0.25, -0.2) is 4.79 Å². The molecule has 1 N–H and O–H groups in total. The minimum atomic E-state index is -0.227. The van der Waals surface area contributed by atoms with Gasteiger partial charge in [-0.2, -0.15) is 0 Å². The Labute approximate surface area is 91.0 Å². The molecule has 0 radical (unpaired) electrons. The minimum Gasteiger partial charge on any atom is -0.315 e. The first kappa shape index (κ1) is 12.0. The SMILES string of the molecule is CCCCC(CC)CN1CC(=O)NC1=O. The first-order valence-electron chi connectivity index (χ1n) is 5.76. The molecule has 0 aromatic carbocycles. The fourth-order valence-electron chi connectivity index (χ4n) is 1.86. The van der Waals surface area contributed by atoms with Gasteiger partial charge in [0, 0.05) is 6.54 Å². The third kappa shape index (κ3) is 3.53. The highest BCUT2D eigenvalue weighted by molar-refractivity contribution is 6.01. The van der Waals surface area contributed by atoms with E-state index in [1.807, 2.05) is 0 Å². The van der Waals surface area contributed by atoms with Crippen LogP contribution in [-0.4, -0.2) is 29.9 Å². The molecular formula is C11H20N2O2. The van der Waals surface area contributed by atoms with Crippen LogP contribution in [0.2, 0.25) is 0 Å². The fourth-order valence-corrected chi connectivity index (χ4v) is 1.86. The average molecular weight is 212 g/mol. The van der Waals surface area contributed by atoms with Gasteiger partial charge in [0.25, 0.3) is 0 Å². The lowest BCUT2D eigenvalue weighted by atomic mass is 9.99. The van der Waals surface area contributed by atoms with Gasteiger partial charge in [0.1, 0.15) is 6.54 Å². The molecule has 0 aromatic heterocycles. The molecule has 1 heterocycles. The summed E-state index contributed by atoms with van der Waals surface area (Å²) in [6.07, 6.45) is 4.59. The number of carbonyl (C=O) groups excluding carboxylic acids is 2. The van der Waals surface area contributed by atoms with E-state index < -0.39 is 0 Å². The molecule has 1 rings (SSSR count). The summed E-state index contributed by atoms with van der Waals surface area (Å²) in [7, 11) is 0. The average Bonchev–Trinajstić information content (AvgIpc) is 2.52. The summed E-state index contributed by atoms with van der Waals surface area (Å²) >= 11 is 0. The lowest BCUT2D eigenvalue weighted by molar-refractivity contribution is -0.118. The van der Waals surface area contributed by atoms with Gasteiger partial charge < -0.3 is 4.90 Å². The Hall–Kier alpha value is -1.06. The first-order valence-corrected chi connectivity index (χ1v) is 5.76. The molecule has 0 aliphatic carbocycles. The van der Waals surface area contributed by atoms with Crippen LogP contribution in [0.1, 0.15) is 39.5 Å². The van der Waals surface area contributed by atoms with E-state index in [2.05, 4.69) is 19.2 Å². The number of urea groups is 1. The van der Waals surface area contributed by atoms with E-state index in [-0.39, 0.29) is 18.5 Å². The number of amides is 3. The zero-order chi connectivity index (χ0) is 11.3. The van der Waals surface area contributed by atoms with Crippen molar-refractivity contribution in [3.8, 4) is 0 Å². The molecule has 1 saturated heterocycles. The van der Waals surface area contributed by atoms with Crippen LogP contribution in [0.5, 0.6) is 0 Å². The number of imide groups is 1. The maximum atomic E-state index is 11.3. The molecule has 15 heavy (non-hydrogen) atoms. The van der Waals surface area contributed by atoms with E-state index in [9.17, 15) is 9.59 Å². The van der Waals surface area contributed by atoms with Crippen LogP contribution in [0.25, 0.3) is 0 Å². The van der Waals surface area contributed by atoms with Crippen molar-refractivity contribution in [3.63, 3.8) is 0 Å². The smallest absolute Gasteiger partial charge is 0.315 e. The maximum absolute atomic E-state index is 11.3.